The van der Waals surface area contributed by atoms with Gasteiger partial charge in [0, 0.05) is 39.6 Å². The van der Waals surface area contributed by atoms with Crippen molar-refractivity contribution in [3.05, 3.63) is 0 Å². The summed E-state index contributed by atoms with van der Waals surface area (Å²) in [5.41, 5.74) is 0. The molecule has 0 aliphatic carbocycles. The van der Waals surface area contributed by atoms with Gasteiger partial charge in [0.1, 0.15) is 6.17 Å². The van der Waals surface area contributed by atoms with Crippen LogP contribution in [0, 0.1) is 0 Å². The third-order valence-corrected chi connectivity index (χ3v) is 0.771. The zero-order valence-corrected chi connectivity index (χ0v) is 8.64. The number of aliphatic hydroxyl groups is 1. The average molecular weight is 224 g/mol. The molecule has 0 fully saturated rings. The first-order valence-corrected chi connectivity index (χ1v) is 2.66. The van der Waals surface area contributed by atoms with E-state index in [9.17, 15) is 9.18 Å². The van der Waals surface area contributed by atoms with E-state index in [0.717, 1.165) is 0 Å². The minimum Gasteiger partial charge on any atom is -0.393 e. The zero-order valence-electron chi connectivity index (χ0n) is 5.80. The molecule has 0 spiro atoms. The van der Waals surface area contributed by atoms with Gasteiger partial charge < -0.3 is 10.4 Å². The molecular formula is C5H10FNO2Y. The van der Waals surface area contributed by atoms with Gasteiger partial charge in [-0.15, -0.1) is 0 Å². The van der Waals surface area contributed by atoms with E-state index >= 15 is 0 Å². The molecule has 0 heterocycles. The van der Waals surface area contributed by atoms with Gasteiger partial charge in [-0.25, -0.2) is 4.39 Å². The molecule has 0 aromatic rings. The number of hydrogen-bond acceptors (Lipinski definition) is 2. The quantitative estimate of drug-likeness (QED) is 0.675. The number of aliphatic hydroxyl groups excluding tert-OH is 1. The molecule has 1 unspecified atom stereocenters. The van der Waals surface area contributed by atoms with Crippen molar-refractivity contribution in [2.75, 3.05) is 13.2 Å². The smallest absolute Gasteiger partial charge is 0.216 e. The molecule has 0 bridgehead atoms. The van der Waals surface area contributed by atoms with E-state index in [4.69, 9.17) is 5.11 Å². The summed E-state index contributed by atoms with van der Waals surface area (Å²) in [6, 6.07) is 0. The third kappa shape index (κ3) is 8.46. The fourth-order valence-electron chi connectivity index (χ4n) is 0.319. The third-order valence-electron chi connectivity index (χ3n) is 0.771. The van der Waals surface area contributed by atoms with Crippen LogP contribution >= 0.6 is 0 Å². The van der Waals surface area contributed by atoms with E-state index in [1.54, 1.807) is 0 Å². The predicted octanol–water partition coefficient (Wildman–Crippen LogP) is -0.550. The maximum absolute atomic E-state index is 12.0. The monoisotopic (exact) mass is 224 g/mol. The van der Waals surface area contributed by atoms with E-state index in [1.807, 2.05) is 0 Å². The Hall–Kier alpha value is 0.464. The van der Waals surface area contributed by atoms with Gasteiger partial charge in [-0.3, -0.25) is 4.79 Å². The van der Waals surface area contributed by atoms with Crippen LogP contribution in [-0.2, 0) is 37.5 Å². The first-order chi connectivity index (χ1) is 4.16. The Labute approximate surface area is 84.3 Å². The summed E-state index contributed by atoms with van der Waals surface area (Å²) in [5, 5.41) is 10.3. The second-order valence-electron chi connectivity index (χ2n) is 1.72. The summed E-state index contributed by atoms with van der Waals surface area (Å²) in [6.07, 6.45) is -1.34. The van der Waals surface area contributed by atoms with E-state index < -0.39 is 12.8 Å². The molecule has 0 saturated heterocycles. The standard InChI is InChI=1S/C5H10FNO2.Y/c1-4(9)7-2-5(6)3-8;/h5,8H,2-3H2,1H3,(H,7,9);. The zero-order chi connectivity index (χ0) is 7.28. The number of carbonyl (C=O) groups is 1. The Bertz CT molecular complexity index is 102. The minimum absolute atomic E-state index is 0. The summed E-state index contributed by atoms with van der Waals surface area (Å²) < 4.78 is 12.0. The van der Waals surface area contributed by atoms with E-state index in [-0.39, 0.29) is 45.2 Å². The molecule has 57 valence electrons. The predicted molar refractivity (Wildman–Crippen MR) is 30.7 cm³/mol. The molecular weight excluding hydrogens is 214 g/mol. The van der Waals surface area contributed by atoms with Gasteiger partial charge >= 0.3 is 0 Å². The molecule has 0 rings (SSSR count). The molecule has 0 aromatic heterocycles. The first-order valence-electron chi connectivity index (χ1n) is 2.66. The molecule has 10 heavy (non-hydrogen) atoms. The minimum atomic E-state index is -1.34. The second kappa shape index (κ2) is 7.57. The normalized spacial score (nSPS) is 11.5. The Morgan fingerprint density at radius 3 is 2.60 bits per heavy atom. The van der Waals surface area contributed by atoms with Crippen molar-refractivity contribution in [3.8, 4) is 0 Å². The van der Waals surface area contributed by atoms with Crippen LogP contribution < -0.4 is 5.32 Å². The Balaban J connectivity index is 0. The molecule has 1 amide bonds. The van der Waals surface area contributed by atoms with Gasteiger partial charge in [0.15, 0.2) is 0 Å². The largest absolute Gasteiger partial charge is 0.393 e. The van der Waals surface area contributed by atoms with Crippen LogP contribution in [0.1, 0.15) is 6.92 Å². The van der Waals surface area contributed by atoms with E-state index in [0.29, 0.717) is 0 Å². The van der Waals surface area contributed by atoms with Crippen molar-refractivity contribution in [3.63, 3.8) is 0 Å². The van der Waals surface area contributed by atoms with Crippen molar-refractivity contribution in [2.24, 2.45) is 0 Å². The molecule has 0 saturated carbocycles. The molecule has 5 heteroatoms. The Kier molecular flexibility index (Phi) is 9.90. The molecule has 0 aliphatic rings. The number of amides is 1. The summed E-state index contributed by atoms with van der Waals surface area (Å²) in [7, 11) is 0. The Morgan fingerprint density at radius 2 is 2.30 bits per heavy atom. The fraction of sp³-hybridized carbons (Fsp3) is 0.800. The van der Waals surface area contributed by atoms with Gasteiger partial charge in [-0.2, -0.15) is 0 Å². The Morgan fingerprint density at radius 1 is 1.80 bits per heavy atom. The van der Waals surface area contributed by atoms with Gasteiger partial charge in [0.05, 0.1) is 13.2 Å². The van der Waals surface area contributed by atoms with Crippen LogP contribution in [0.5, 0.6) is 0 Å². The molecule has 3 nitrogen and oxygen atoms in total. The second-order valence-corrected chi connectivity index (χ2v) is 1.72. The van der Waals surface area contributed by atoms with Gasteiger partial charge in [-0.1, -0.05) is 0 Å². The molecule has 2 N–H and O–H groups in total. The van der Waals surface area contributed by atoms with Crippen LogP contribution in [0.15, 0.2) is 0 Å². The molecule has 0 aromatic carbocycles. The van der Waals surface area contributed by atoms with Crippen molar-refractivity contribution in [1.82, 2.24) is 5.32 Å². The molecule has 1 radical (unpaired) electrons. The van der Waals surface area contributed by atoms with E-state index in [1.165, 1.54) is 6.92 Å². The fourth-order valence-corrected chi connectivity index (χ4v) is 0.319. The number of carbonyl (C=O) groups excluding carboxylic acids is 1. The van der Waals surface area contributed by atoms with Crippen molar-refractivity contribution >= 4 is 5.91 Å². The van der Waals surface area contributed by atoms with Gasteiger partial charge in [0.2, 0.25) is 5.91 Å². The number of rotatable bonds is 3. The van der Waals surface area contributed by atoms with Crippen molar-refractivity contribution < 1.29 is 47.0 Å². The van der Waals surface area contributed by atoms with Crippen LogP contribution in [0.25, 0.3) is 0 Å². The topological polar surface area (TPSA) is 49.3 Å². The number of halogens is 1. The van der Waals surface area contributed by atoms with Crippen LogP contribution in [0.2, 0.25) is 0 Å². The average Bonchev–Trinajstić information content (AvgIpc) is 1.83. The summed E-state index contributed by atoms with van der Waals surface area (Å²) >= 11 is 0. The van der Waals surface area contributed by atoms with Crippen LogP contribution in [0.3, 0.4) is 0 Å². The van der Waals surface area contributed by atoms with Crippen LogP contribution in [0.4, 0.5) is 4.39 Å². The first kappa shape index (κ1) is 13.1. The van der Waals surface area contributed by atoms with Gasteiger partial charge in [0.25, 0.3) is 0 Å². The maximum Gasteiger partial charge on any atom is 0.216 e. The van der Waals surface area contributed by atoms with E-state index in [2.05, 4.69) is 5.32 Å². The van der Waals surface area contributed by atoms with Crippen molar-refractivity contribution in [2.45, 2.75) is 13.1 Å². The summed E-state index contributed by atoms with van der Waals surface area (Å²) in [4.78, 5) is 10.1. The van der Waals surface area contributed by atoms with Crippen LogP contribution in [-0.4, -0.2) is 30.3 Å². The van der Waals surface area contributed by atoms with Crippen molar-refractivity contribution in [1.29, 1.82) is 0 Å². The van der Waals surface area contributed by atoms with Gasteiger partial charge in [-0.05, 0) is 0 Å². The molecule has 1 atom stereocenters. The number of hydrogen-bond donors (Lipinski definition) is 2. The molecule has 0 aliphatic heterocycles. The SMILES string of the molecule is CC(=O)NCC(F)CO.[Y]. The summed E-state index contributed by atoms with van der Waals surface area (Å²) in [6.45, 7) is 0.649. The summed E-state index contributed by atoms with van der Waals surface area (Å²) in [5.74, 6) is -0.286. The number of alkyl halides is 1. The maximum atomic E-state index is 12.0. The number of nitrogens with one attached hydrogen (secondary N) is 1.